The van der Waals surface area contributed by atoms with Crippen LogP contribution in [0.1, 0.15) is 33.3 Å². The summed E-state index contributed by atoms with van der Waals surface area (Å²) >= 11 is 0. The van der Waals surface area contributed by atoms with Crippen LogP contribution < -0.4 is 9.47 Å². The minimum atomic E-state index is -4.02. The van der Waals surface area contributed by atoms with Gasteiger partial charge in [-0.2, -0.15) is 8.42 Å². The van der Waals surface area contributed by atoms with Crippen LogP contribution in [0.25, 0.3) is 0 Å². The molecule has 0 spiro atoms. The lowest BCUT2D eigenvalue weighted by molar-refractivity contribution is -0.178. The zero-order valence-corrected chi connectivity index (χ0v) is 24.2. The average Bonchev–Trinajstić information content (AvgIpc) is 3.15. The van der Waals surface area contributed by atoms with Gasteiger partial charge in [0.05, 0.1) is 4.90 Å². The van der Waals surface area contributed by atoms with E-state index in [0.29, 0.717) is 11.5 Å². The molecule has 0 atom stereocenters. The Morgan fingerprint density at radius 1 is 0.750 bits per heavy atom. The van der Waals surface area contributed by atoms with Crippen LogP contribution >= 0.6 is 0 Å². The highest BCUT2D eigenvalue weighted by atomic mass is 32.2. The van der Waals surface area contributed by atoms with Crippen molar-refractivity contribution in [3.63, 3.8) is 0 Å². The molecule has 3 aromatic rings. The highest BCUT2D eigenvalue weighted by molar-refractivity contribution is 7.85. The Hall–Kier alpha value is -3.75. The number of aromatic hydroxyl groups is 4. The van der Waals surface area contributed by atoms with Crippen LogP contribution in [0.5, 0.6) is 34.5 Å². The molecule has 3 aromatic carbocycles. The number of aryl methyl sites for hydroxylation is 1. The molecule has 12 nitrogen and oxygen atoms in total. The monoisotopic (exact) mass is 586 g/mol. The molecule has 0 amide bonds. The zero-order valence-electron chi connectivity index (χ0n) is 23.4. The van der Waals surface area contributed by atoms with Gasteiger partial charge in [0.15, 0.2) is 28.8 Å². The Labute approximate surface area is 234 Å². The number of rotatable bonds is 3. The summed E-state index contributed by atoms with van der Waals surface area (Å²) in [6.45, 7) is 9.20. The lowest BCUT2D eigenvalue weighted by Gasteiger charge is -2.19. The van der Waals surface area contributed by atoms with Gasteiger partial charge in [0.1, 0.15) is 11.5 Å². The lowest BCUT2D eigenvalue weighted by Crippen LogP contribution is -2.29. The van der Waals surface area contributed by atoms with Gasteiger partial charge in [-0.3, -0.25) is 4.55 Å². The molecule has 0 bridgehead atoms. The van der Waals surface area contributed by atoms with Crippen molar-refractivity contribution < 1.29 is 57.8 Å². The van der Waals surface area contributed by atoms with Crippen molar-refractivity contribution in [2.24, 2.45) is 0 Å². The van der Waals surface area contributed by atoms with Crippen LogP contribution in [0.2, 0.25) is 0 Å². The molecule has 0 fully saturated rings. The first-order valence-corrected chi connectivity index (χ1v) is 12.9. The molecule has 0 aromatic heterocycles. The molecule has 7 N–H and O–H groups in total. The number of hydrogen-bond acceptors (Lipinski definition) is 10. The molecule has 1 heterocycles. The van der Waals surface area contributed by atoms with E-state index in [1.165, 1.54) is 24.3 Å². The molecule has 0 saturated heterocycles. The topological polar surface area (TPSA) is 204 Å². The van der Waals surface area contributed by atoms with E-state index in [1.54, 1.807) is 44.6 Å². The molecule has 4 rings (SSSR count). The highest BCUT2D eigenvalue weighted by Gasteiger charge is 2.31. The molecule has 224 valence electrons. The second kappa shape index (κ2) is 15.1. The summed E-state index contributed by atoms with van der Waals surface area (Å²) in [4.78, 5) is -0.0666. The van der Waals surface area contributed by atoms with Crippen molar-refractivity contribution >= 4 is 10.1 Å². The van der Waals surface area contributed by atoms with Crippen LogP contribution in [-0.2, 0) is 19.6 Å². The maximum Gasteiger partial charge on any atom is 0.294 e. The van der Waals surface area contributed by atoms with Gasteiger partial charge in [-0.15, -0.1) is 0 Å². The molecular formula is C27H38O12S. The Kier molecular flexibility index (Phi) is 13.7. The quantitative estimate of drug-likeness (QED) is 0.128. The van der Waals surface area contributed by atoms with Gasteiger partial charge in [-0.1, -0.05) is 17.7 Å². The number of phenolic OH excluding ortho intramolecular Hbond substituents is 4. The minimum Gasteiger partial charge on any atom is -0.508 e. The first kappa shape index (κ1) is 36.2. The molecule has 40 heavy (non-hydrogen) atoms. The maximum atomic E-state index is 10.5. The molecule has 1 aliphatic rings. The van der Waals surface area contributed by atoms with E-state index in [-0.39, 0.29) is 33.4 Å². The van der Waals surface area contributed by atoms with Crippen molar-refractivity contribution in [3.05, 3.63) is 66.2 Å². The minimum absolute atomic E-state index is 0. The largest absolute Gasteiger partial charge is 0.508 e. The van der Waals surface area contributed by atoms with Crippen LogP contribution in [0.15, 0.2) is 65.6 Å². The molecule has 0 aliphatic carbocycles. The third-order valence-electron chi connectivity index (χ3n) is 4.90. The van der Waals surface area contributed by atoms with Crippen LogP contribution in [0, 0.1) is 6.92 Å². The number of benzene rings is 3. The summed E-state index contributed by atoms with van der Waals surface area (Å²) in [6, 6.07) is 14.4. The fourth-order valence-electron chi connectivity index (χ4n) is 2.52. The second-order valence-corrected chi connectivity index (χ2v) is 10.4. The first-order valence-electron chi connectivity index (χ1n) is 11.5. The van der Waals surface area contributed by atoms with E-state index in [9.17, 15) is 8.42 Å². The number of methoxy groups -OCH3 is 2. The summed E-state index contributed by atoms with van der Waals surface area (Å²) in [7, 11) is -0.790. The van der Waals surface area contributed by atoms with Gasteiger partial charge in [0, 0.05) is 40.2 Å². The van der Waals surface area contributed by atoms with E-state index in [2.05, 4.69) is 0 Å². The summed E-state index contributed by atoms with van der Waals surface area (Å²) in [5.74, 6) is -0.170. The summed E-state index contributed by atoms with van der Waals surface area (Å²) in [5, 5.41) is 35.2. The van der Waals surface area contributed by atoms with Crippen molar-refractivity contribution in [1.29, 1.82) is 0 Å². The molecule has 1 aliphatic heterocycles. The lowest BCUT2D eigenvalue weighted by atomic mass is 10.2. The fraction of sp³-hybridized carbons (Fsp3) is 0.333. The van der Waals surface area contributed by atoms with E-state index in [1.807, 2.05) is 34.6 Å². The van der Waals surface area contributed by atoms with Gasteiger partial charge in [-0.05, 0) is 57.2 Å². The number of phenols is 4. The van der Waals surface area contributed by atoms with Gasteiger partial charge >= 0.3 is 0 Å². The first-order chi connectivity index (χ1) is 17.9. The van der Waals surface area contributed by atoms with Gasteiger partial charge in [-0.25, -0.2) is 0 Å². The number of fused-ring (bicyclic) bond motifs is 1. The summed E-state index contributed by atoms with van der Waals surface area (Å²) < 4.78 is 50.1. The predicted molar refractivity (Wildman–Crippen MR) is 148 cm³/mol. The smallest absolute Gasteiger partial charge is 0.294 e. The summed E-state index contributed by atoms with van der Waals surface area (Å²) in [5.41, 5.74) is 0.956. The third kappa shape index (κ3) is 12.9. The maximum absolute atomic E-state index is 10.5. The van der Waals surface area contributed by atoms with Crippen molar-refractivity contribution in [2.45, 2.75) is 51.1 Å². The Balaban J connectivity index is 0.000000513. The molecule has 0 radical (unpaired) electrons. The third-order valence-corrected chi connectivity index (χ3v) is 5.77. The van der Waals surface area contributed by atoms with Crippen LogP contribution in [-0.4, -0.2) is 64.7 Å². The number of ether oxygens (including phenoxy) is 4. The standard InChI is InChI=1S/C9H10O3.C7H8O3S.C6H6O3.C5H12O2.H2O/c1-9(2)11-7-4-3-6(10)5-8(7)12-9;1-6-2-4-7(5-3-6)11(8,9)10;7-4-1-2-5(8)6(9)3-4;1-5(2,6-3)7-4;/h3-5,10H,1-2H3;2-5H,1H3,(H,8,9,10);1-3,7-9H;1-4H3;1H2. The highest BCUT2D eigenvalue weighted by Crippen LogP contribution is 2.40. The van der Waals surface area contributed by atoms with Crippen LogP contribution in [0.4, 0.5) is 0 Å². The average molecular weight is 587 g/mol. The van der Waals surface area contributed by atoms with Crippen molar-refractivity contribution in [1.82, 2.24) is 0 Å². The van der Waals surface area contributed by atoms with Gasteiger partial charge < -0.3 is 44.8 Å². The predicted octanol–water partition coefficient (Wildman–Crippen LogP) is 4.14. The molecule has 13 heteroatoms. The molecule has 0 unspecified atom stereocenters. The van der Waals surface area contributed by atoms with E-state index in [0.717, 1.165) is 11.6 Å². The van der Waals surface area contributed by atoms with Gasteiger partial charge in [0.25, 0.3) is 10.1 Å². The SMILES string of the molecule is CC1(C)Oc2ccc(O)cc2O1.COC(C)(C)OC.Cc1ccc(S(=O)(=O)O)cc1.O.Oc1ccc(O)c(O)c1. The Morgan fingerprint density at radius 3 is 1.65 bits per heavy atom. The van der Waals surface area contributed by atoms with E-state index >= 15 is 0 Å². The Bertz CT molecular complexity index is 1300. The molecular weight excluding hydrogens is 548 g/mol. The normalized spacial score (nSPS) is 12.7. The van der Waals surface area contributed by atoms with Crippen LogP contribution in [0.3, 0.4) is 0 Å². The Morgan fingerprint density at radius 2 is 1.23 bits per heavy atom. The fourth-order valence-corrected chi connectivity index (χ4v) is 3.00. The van der Waals surface area contributed by atoms with Gasteiger partial charge in [0.2, 0.25) is 5.79 Å². The second-order valence-electron chi connectivity index (χ2n) is 9.00. The molecule has 0 saturated carbocycles. The van der Waals surface area contributed by atoms with Crippen molar-refractivity contribution in [2.75, 3.05) is 14.2 Å². The van der Waals surface area contributed by atoms with E-state index < -0.39 is 21.7 Å². The zero-order chi connectivity index (χ0) is 30.0. The van der Waals surface area contributed by atoms with E-state index in [4.69, 9.17) is 43.9 Å². The summed E-state index contributed by atoms with van der Waals surface area (Å²) in [6.07, 6.45) is 0. The van der Waals surface area contributed by atoms with Crippen molar-refractivity contribution in [3.8, 4) is 34.5 Å². The number of hydrogen-bond donors (Lipinski definition) is 5.